The van der Waals surface area contributed by atoms with E-state index in [4.69, 9.17) is 23.2 Å². The van der Waals surface area contributed by atoms with E-state index in [1.54, 1.807) is 30.0 Å². The van der Waals surface area contributed by atoms with Gasteiger partial charge in [0.25, 0.3) is 0 Å². The van der Waals surface area contributed by atoms with Gasteiger partial charge in [-0.15, -0.1) is 0 Å². The Hall–Kier alpha value is -2.13. The van der Waals surface area contributed by atoms with Gasteiger partial charge >= 0.3 is 5.97 Å². The molecule has 2 aromatic carbocycles. The number of hydrogen-bond donors (Lipinski definition) is 2. The van der Waals surface area contributed by atoms with E-state index in [1.807, 2.05) is 44.2 Å². The zero-order chi connectivity index (χ0) is 27.8. The Morgan fingerprint density at radius 2 is 1.76 bits per heavy atom. The highest BCUT2D eigenvalue weighted by molar-refractivity contribution is 7.90. The summed E-state index contributed by atoms with van der Waals surface area (Å²) in [4.78, 5) is 28.0. The van der Waals surface area contributed by atoms with Crippen LogP contribution in [-0.4, -0.2) is 48.1 Å². The summed E-state index contributed by atoms with van der Waals surface area (Å²) in [5.74, 6) is -1.78. The zero-order valence-electron chi connectivity index (χ0n) is 21.7. The molecule has 0 radical (unpaired) electrons. The second-order valence-electron chi connectivity index (χ2n) is 11.1. The van der Waals surface area contributed by atoms with Gasteiger partial charge in [-0.1, -0.05) is 68.2 Å². The van der Waals surface area contributed by atoms with Gasteiger partial charge in [-0.3, -0.25) is 9.59 Å². The van der Waals surface area contributed by atoms with Gasteiger partial charge in [0.15, 0.2) is 0 Å². The third-order valence-corrected chi connectivity index (χ3v) is 10.1. The number of piperidine rings is 1. The van der Waals surface area contributed by atoms with Crippen molar-refractivity contribution in [3.63, 3.8) is 0 Å². The average molecular weight is 582 g/mol. The largest absolute Gasteiger partial charge is 0.481 e. The minimum atomic E-state index is -3.50. The van der Waals surface area contributed by atoms with E-state index in [0.717, 1.165) is 11.1 Å². The molecule has 1 heterocycles. The van der Waals surface area contributed by atoms with E-state index in [1.165, 1.54) is 0 Å². The van der Waals surface area contributed by atoms with Crippen molar-refractivity contribution >= 4 is 45.1 Å². The molecule has 0 aromatic heterocycles. The molecule has 38 heavy (non-hydrogen) atoms. The Morgan fingerprint density at radius 1 is 1.11 bits per heavy atom. The molecule has 4 atom stereocenters. The number of likely N-dealkylation sites (tertiary alicyclic amines) is 1. The number of sulfonamides is 1. The maximum Gasteiger partial charge on any atom is 0.304 e. The van der Waals surface area contributed by atoms with Gasteiger partial charge in [-0.25, -0.2) is 13.1 Å². The summed E-state index contributed by atoms with van der Waals surface area (Å²) in [5.41, 5.74) is 0.512. The van der Waals surface area contributed by atoms with Gasteiger partial charge in [-0.2, -0.15) is 0 Å². The summed E-state index contributed by atoms with van der Waals surface area (Å²) in [6.45, 7) is 5.62. The first-order valence-corrected chi connectivity index (χ1v) is 15.2. The van der Waals surface area contributed by atoms with E-state index in [2.05, 4.69) is 4.72 Å². The first-order chi connectivity index (χ1) is 17.8. The molecule has 7 nitrogen and oxygen atoms in total. The normalized spacial score (nSPS) is 25.0. The fraction of sp³-hybridized carbons (Fsp3) is 0.500. The summed E-state index contributed by atoms with van der Waals surface area (Å²) < 4.78 is 28.2. The van der Waals surface area contributed by atoms with Gasteiger partial charge < -0.3 is 10.0 Å². The Balaban J connectivity index is 1.87. The molecule has 0 spiro atoms. The lowest BCUT2D eigenvalue weighted by Crippen LogP contribution is -2.59. The van der Waals surface area contributed by atoms with E-state index in [0.29, 0.717) is 29.3 Å². The maximum absolute atomic E-state index is 14.3. The summed E-state index contributed by atoms with van der Waals surface area (Å²) in [6, 6.07) is 13.7. The molecule has 2 aromatic rings. The van der Waals surface area contributed by atoms with Crippen molar-refractivity contribution in [2.24, 2.45) is 11.3 Å². The first-order valence-electron chi connectivity index (χ1n) is 12.9. The third kappa shape index (κ3) is 6.19. The number of carbonyl (C=O) groups is 2. The highest BCUT2D eigenvalue weighted by atomic mass is 35.5. The monoisotopic (exact) mass is 580 g/mol. The molecule has 2 aliphatic rings. The molecule has 10 heteroatoms. The summed E-state index contributed by atoms with van der Waals surface area (Å²) in [5, 5.41) is 10.5. The highest BCUT2D eigenvalue weighted by Gasteiger charge is 2.53. The van der Waals surface area contributed by atoms with Crippen LogP contribution in [0.25, 0.3) is 0 Å². The van der Waals surface area contributed by atoms with E-state index in [9.17, 15) is 23.1 Å². The summed E-state index contributed by atoms with van der Waals surface area (Å²) >= 11 is 12.6. The number of aliphatic carboxylic acids is 1. The molecular formula is C28H34Cl2N2O5S. The van der Waals surface area contributed by atoms with Crippen LogP contribution in [0.1, 0.15) is 69.5 Å². The topological polar surface area (TPSA) is 104 Å². The number of carbonyl (C=O) groups excluding carboxylic acids is 1. The zero-order valence-corrected chi connectivity index (χ0v) is 24.1. The molecule has 0 bridgehead atoms. The molecule has 1 saturated carbocycles. The smallest absolute Gasteiger partial charge is 0.304 e. The fourth-order valence-corrected chi connectivity index (χ4v) is 7.32. The van der Waals surface area contributed by atoms with Crippen LogP contribution in [0.3, 0.4) is 0 Å². The third-order valence-electron chi connectivity index (χ3n) is 7.72. The van der Waals surface area contributed by atoms with Crippen LogP contribution in [0.2, 0.25) is 10.0 Å². The molecule has 4 rings (SSSR count). The number of carboxylic acid groups (broad SMARTS) is 1. The maximum atomic E-state index is 14.3. The Bertz CT molecular complexity index is 1300. The lowest BCUT2D eigenvalue weighted by atomic mass is 9.66. The number of rotatable bonds is 10. The predicted octanol–water partition coefficient (Wildman–Crippen LogP) is 5.64. The van der Waals surface area contributed by atoms with Crippen molar-refractivity contribution in [1.82, 2.24) is 9.62 Å². The van der Waals surface area contributed by atoms with Crippen molar-refractivity contribution in [2.45, 2.75) is 69.7 Å². The predicted molar refractivity (Wildman–Crippen MR) is 149 cm³/mol. The van der Waals surface area contributed by atoms with Gasteiger partial charge in [0.05, 0.1) is 23.1 Å². The molecule has 1 amide bonds. The lowest BCUT2D eigenvalue weighted by Gasteiger charge is -2.52. The summed E-state index contributed by atoms with van der Waals surface area (Å²) in [6.07, 6.45) is 1.21. The Morgan fingerprint density at radius 3 is 2.32 bits per heavy atom. The van der Waals surface area contributed by atoms with Crippen LogP contribution in [0.4, 0.5) is 0 Å². The van der Waals surface area contributed by atoms with Crippen LogP contribution in [-0.2, 0) is 19.6 Å². The lowest BCUT2D eigenvalue weighted by molar-refractivity contribution is -0.161. The molecule has 1 saturated heterocycles. The SMILES string of the molecule is CC(C)[C@@H](CNS(=O)(=O)C1CC1)N1C(=O)[C@@](C)(CC(=O)O)C[C@H](c2cccc(Cl)c2)C1c1ccc(Cl)cc1. The van der Waals surface area contributed by atoms with Crippen LogP contribution >= 0.6 is 23.2 Å². The van der Waals surface area contributed by atoms with Crippen molar-refractivity contribution in [1.29, 1.82) is 0 Å². The van der Waals surface area contributed by atoms with Crippen molar-refractivity contribution in [2.75, 3.05) is 6.54 Å². The number of nitrogens with one attached hydrogen (secondary N) is 1. The number of nitrogens with zero attached hydrogens (tertiary/aromatic N) is 1. The molecule has 2 fully saturated rings. The van der Waals surface area contributed by atoms with Crippen LogP contribution in [0.15, 0.2) is 48.5 Å². The van der Waals surface area contributed by atoms with Crippen LogP contribution in [0.5, 0.6) is 0 Å². The number of amides is 1. The Labute approximate surface area is 234 Å². The van der Waals surface area contributed by atoms with Crippen LogP contribution in [0, 0.1) is 11.3 Å². The number of carboxylic acids is 1. The van der Waals surface area contributed by atoms with Crippen LogP contribution < -0.4 is 4.72 Å². The van der Waals surface area contributed by atoms with Gasteiger partial charge in [0.1, 0.15) is 0 Å². The van der Waals surface area contributed by atoms with Gasteiger partial charge in [0, 0.05) is 28.5 Å². The summed E-state index contributed by atoms with van der Waals surface area (Å²) in [7, 11) is -3.50. The minimum Gasteiger partial charge on any atom is -0.481 e. The first kappa shape index (κ1) is 28.9. The molecule has 2 N–H and O–H groups in total. The van der Waals surface area contributed by atoms with Crippen molar-refractivity contribution in [3.8, 4) is 0 Å². The molecular weight excluding hydrogens is 547 g/mol. The fourth-order valence-electron chi connectivity index (χ4n) is 5.60. The van der Waals surface area contributed by atoms with E-state index >= 15 is 0 Å². The quantitative estimate of drug-likeness (QED) is 0.378. The standard InChI is InChI=1S/C28H34Cl2N2O5S/c1-17(2)24(16-31-38(36,37)22-11-12-22)32-26(18-7-9-20(29)10-8-18)23(19-5-4-6-21(30)13-19)14-28(3,27(32)35)15-25(33)34/h4-10,13,17,22-24,26,31H,11-12,14-16H2,1-3H3,(H,33,34)/t23-,24-,26?,28-/m1/s1. The average Bonchev–Trinajstić information content (AvgIpc) is 3.68. The van der Waals surface area contributed by atoms with Crippen molar-refractivity contribution < 1.29 is 23.1 Å². The molecule has 1 aliphatic carbocycles. The second-order valence-corrected chi connectivity index (χ2v) is 14.0. The highest BCUT2D eigenvalue weighted by Crippen LogP contribution is 2.52. The van der Waals surface area contributed by atoms with E-state index < -0.39 is 38.7 Å². The Kier molecular flexibility index (Phi) is 8.48. The number of hydrogen-bond acceptors (Lipinski definition) is 4. The number of benzene rings is 2. The minimum absolute atomic E-state index is 0.0394. The molecule has 1 unspecified atom stereocenters. The van der Waals surface area contributed by atoms with E-state index in [-0.39, 0.29) is 30.7 Å². The van der Waals surface area contributed by atoms with Gasteiger partial charge in [0.2, 0.25) is 15.9 Å². The second kappa shape index (κ2) is 11.2. The van der Waals surface area contributed by atoms with Gasteiger partial charge in [-0.05, 0) is 60.6 Å². The molecule has 1 aliphatic heterocycles. The number of halogens is 2. The van der Waals surface area contributed by atoms with Crippen molar-refractivity contribution in [3.05, 3.63) is 69.7 Å². The molecule has 206 valence electrons.